The van der Waals surface area contributed by atoms with E-state index in [9.17, 15) is 28.9 Å². The number of aromatic nitrogens is 3. The van der Waals surface area contributed by atoms with E-state index in [4.69, 9.17) is 9.47 Å². The van der Waals surface area contributed by atoms with E-state index in [0.29, 0.717) is 28.4 Å². The van der Waals surface area contributed by atoms with Crippen LogP contribution in [0.2, 0.25) is 0 Å². The predicted octanol–water partition coefficient (Wildman–Crippen LogP) is 7.68. The fourth-order valence-corrected chi connectivity index (χ4v) is 7.91. The number of aryl methyl sites for hydroxylation is 1. The number of hydrogen-bond donors (Lipinski definition) is 4. The summed E-state index contributed by atoms with van der Waals surface area (Å²) in [5.41, 5.74) is 4.51. The minimum absolute atomic E-state index is 0.00114. The minimum Gasteiger partial charge on any atom is -0.487 e. The Labute approximate surface area is 303 Å². The molecule has 1 aliphatic heterocycles. The molecule has 2 unspecified atom stereocenters. The molecule has 0 fully saturated rings. The second-order valence-electron chi connectivity index (χ2n) is 13.6. The highest BCUT2D eigenvalue weighted by Crippen LogP contribution is 2.57. The zero-order valence-corrected chi connectivity index (χ0v) is 30.2. The van der Waals surface area contributed by atoms with Crippen molar-refractivity contribution < 1.29 is 38.4 Å². The van der Waals surface area contributed by atoms with Crippen LogP contribution < -0.4 is 4.74 Å². The Morgan fingerprint density at radius 2 is 1.71 bits per heavy atom. The van der Waals surface area contributed by atoms with E-state index < -0.39 is 34.2 Å². The number of benzene rings is 4. The summed E-state index contributed by atoms with van der Waals surface area (Å²) in [6.07, 6.45) is 0.562. The minimum atomic E-state index is -3.38. The van der Waals surface area contributed by atoms with E-state index in [1.807, 2.05) is 56.3 Å². The number of ether oxygens (including phenoxy) is 2. The number of nitrogens with zero attached hydrogens (tertiary/aromatic N) is 4. The summed E-state index contributed by atoms with van der Waals surface area (Å²) in [5.74, 6) is -1.57. The van der Waals surface area contributed by atoms with Crippen molar-refractivity contribution >= 4 is 22.7 Å². The molecular formula is C39H42N4O8S. The van der Waals surface area contributed by atoms with Gasteiger partial charge in [-0.2, -0.15) is 4.31 Å². The smallest absolute Gasteiger partial charge is 0.335 e. The molecule has 0 saturated heterocycles. The summed E-state index contributed by atoms with van der Waals surface area (Å²) in [6.45, 7) is 7.90. The van der Waals surface area contributed by atoms with Gasteiger partial charge in [-0.05, 0) is 91.4 Å². The average molecular weight is 727 g/mol. The maximum Gasteiger partial charge on any atom is 0.335 e. The fraction of sp³-hybridized carbons (Fsp3) is 0.282. The Morgan fingerprint density at radius 1 is 0.962 bits per heavy atom. The zero-order chi connectivity index (χ0) is 37.2. The third-order valence-electron chi connectivity index (χ3n) is 9.24. The van der Waals surface area contributed by atoms with Crippen LogP contribution in [0, 0.1) is 12.3 Å². The first-order valence-electron chi connectivity index (χ1n) is 16.8. The van der Waals surface area contributed by atoms with Crippen molar-refractivity contribution in [2.45, 2.75) is 64.5 Å². The summed E-state index contributed by atoms with van der Waals surface area (Å²) in [6, 6.07) is 27.1. The highest BCUT2D eigenvalue weighted by molar-refractivity contribution is 8.22. The van der Waals surface area contributed by atoms with E-state index in [-0.39, 0.29) is 31.4 Å². The standard InChI is InChI=1S/C39H42N4O8S/c1-25-12-13-31(19-32(25)22-43-20-26(2)51-34-10-5-6-11-35(34)52(43,48)49)36(39(3,4)38(46)47)50-24-33-23-42(41-40-33)21-27-8-7-9-30(18-27)28-14-16-29(17-15-28)37(44)45/h5-19,23,26,36,48-49H,20-22,24H2,1-4H3,(H,44,45)(H,46,47). The molecule has 0 aliphatic carbocycles. The third-order valence-corrected chi connectivity index (χ3v) is 11.2. The lowest BCUT2D eigenvalue weighted by Gasteiger charge is -2.42. The predicted molar refractivity (Wildman–Crippen MR) is 196 cm³/mol. The van der Waals surface area contributed by atoms with Gasteiger partial charge in [-0.3, -0.25) is 13.9 Å². The monoisotopic (exact) mass is 726 g/mol. The maximum atomic E-state index is 12.6. The van der Waals surface area contributed by atoms with Crippen LogP contribution in [-0.2, 0) is 29.2 Å². The van der Waals surface area contributed by atoms with Crippen LogP contribution in [0.4, 0.5) is 0 Å². The van der Waals surface area contributed by atoms with Crippen molar-refractivity contribution in [3.8, 4) is 16.9 Å². The molecule has 0 amide bonds. The Morgan fingerprint density at radius 3 is 2.44 bits per heavy atom. The van der Waals surface area contributed by atoms with Gasteiger partial charge in [-0.15, -0.1) is 15.9 Å². The largest absolute Gasteiger partial charge is 0.487 e. The molecule has 0 bridgehead atoms. The van der Waals surface area contributed by atoms with Gasteiger partial charge in [0.05, 0.1) is 43.0 Å². The van der Waals surface area contributed by atoms with Crippen molar-refractivity contribution in [1.82, 2.24) is 19.3 Å². The maximum absolute atomic E-state index is 12.6. The summed E-state index contributed by atoms with van der Waals surface area (Å²) in [4.78, 5) is 24.1. The van der Waals surface area contributed by atoms with E-state index in [0.717, 1.165) is 27.8 Å². The number of aromatic carboxylic acids is 1. The summed E-state index contributed by atoms with van der Waals surface area (Å²) >= 11 is 0. The van der Waals surface area contributed by atoms with Gasteiger partial charge >= 0.3 is 11.9 Å². The second kappa shape index (κ2) is 14.9. The number of rotatable bonds is 12. The molecule has 4 N–H and O–H groups in total. The first-order chi connectivity index (χ1) is 24.7. The quantitative estimate of drug-likeness (QED) is 0.0996. The number of fused-ring (bicyclic) bond motifs is 1. The fourth-order valence-electron chi connectivity index (χ4n) is 6.25. The SMILES string of the molecule is Cc1ccc(C(OCc2cn(Cc3cccc(-c4ccc(C(=O)O)cc4)c3)nn2)C(C)(C)C(=O)O)cc1CN1CC(C)Oc2ccccc2S1(O)O. The Bertz CT molecular complexity index is 2080. The molecule has 12 nitrogen and oxygen atoms in total. The molecule has 13 heteroatoms. The normalized spacial score (nSPS) is 17.0. The summed E-state index contributed by atoms with van der Waals surface area (Å²) in [7, 11) is -3.38. The summed E-state index contributed by atoms with van der Waals surface area (Å²) in [5, 5.41) is 28.0. The van der Waals surface area contributed by atoms with Crippen LogP contribution in [0.5, 0.6) is 5.75 Å². The first kappa shape index (κ1) is 36.7. The molecular weight excluding hydrogens is 685 g/mol. The number of para-hydroxylation sites is 1. The lowest BCUT2D eigenvalue weighted by molar-refractivity contribution is -0.158. The number of carboxylic acids is 2. The lowest BCUT2D eigenvalue weighted by Crippen LogP contribution is -2.34. The Hall–Kier alpha value is -5.05. The average Bonchev–Trinajstić information content (AvgIpc) is 3.52. The van der Waals surface area contributed by atoms with Crippen LogP contribution in [-0.4, -0.2) is 63.2 Å². The van der Waals surface area contributed by atoms with Crippen LogP contribution in [0.25, 0.3) is 11.1 Å². The first-order valence-corrected chi connectivity index (χ1v) is 18.3. The summed E-state index contributed by atoms with van der Waals surface area (Å²) < 4.78 is 38.6. The molecule has 52 heavy (non-hydrogen) atoms. The van der Waals surface area contributed by atoms with Gasteiger partial charge in [0.15, 0.2) is 0 Å². The molecule has 4 aromatic carbocycles. The molecule has 5 aromatic rings. The van der Waals surface area contributed by atoms with Crippen LogP contribution in [0.15, 0.2) is 102 Å². The number of aliphatic carboxylic acids is 1. The van der Waals surface area contributed by atoms with Crippen LogP contribution in [0.1, 0.15) is 65.2 Å². The molecule has 2 atom stereocenters. The van der Waals surface area contributed by atoms with Gasteiger partial charge in [-0.1, -0.05) is 65.9 Å². The number of hydrogen-bond acceptors (Lipinski definition) is 9. The van der Waals surface area contributed by atoms with Gasteiger partial charge < -0.3 is 19.7 Å². The zero-order valence-electron chi connectivity index (χ0n) is 29.3. The topological polar surface area (TPSA) is 167 Å². The van der Waals surface area contributed by atoms with E-state index in [2.05, 4.69) is 10.3 Å². The van der Waals surface area contributed by atoms with Gasteiger partial charge in [0.1, 0.15) is 22.4 Å². The highest BCUT2D eigenvalue weighted by atomic mass is 32.3. The molecule has 272 valence electrons. The van der Waals surface area contributed by atoms with E-state index in [1.54, 1.807) is 77.6 Å². The molecule has 0 saturated carbocycles. The molecule has 6 rings (SSSR count). The Balaban J connectivity index is 1.19. The molecule has 1 aliphatic rings. The van der Waals surface area contributed by atoms with Crippen molar-refractivity contribution in [3.63, 3.8) is 0 Å². The van der Waals surface area contributed by atoms with Gasteiger partial charge in [0.25, 0.3) is 0 Å². The second-order valence-corrected chi connectivity index (χ2v) is 15.6. The van der Waals surface area contributed by atoms with Crippen molar-refractivity contribution in [2.75, 3.05) is 6.54 Å². The highest BCUT2D eigenvalue weighted by Gasteiger charge is 2.40. The molecule has 2 heterocycles. The van der Waals surface area contributed by atoms with Gasteiger partial charge in [0.2, 0.25) is 0 Å². The number of carbonyl (C=O) groups is 2. The van der Waals surface area contributed by atoms with Crippen molar-refractivity contribution in [2.24, 2.45) is 5.41 Å². The molecule has 1 aromatic heterocycles. The number of carboxylic acid groups (broad SMARTS) is 2. The molecule has 0 radical (unpaired) electrons. The van der Waals surface area contributed by atoms with Crippen molar-refractivity contribution in [1.29, 1.82) is 0 Å². The van der Waals surface area contributed by atoms with Crippen LogP contribution >= 0.6 is 10.8 Å². The van der Waals surface area contributed by atoms with E-state index >= 15 is 0 Å². The lowest BCUT2D eigenvalue weighted by atomic mass is 9.81. The molecule has 0 spiro atoms. The van der Waals surface area contributed by atoms with Gasteiger partial charge in [-0.25, -0.2) is 9.48 Å². The Kier molecular flexibility index (Phi) is 10.5. The van der Waals surface area contributed by atoms with E-state index in [1.165, 1.54) is 0 Å². The third kappa shape index (κ3) is 7.88. The van der Waals surface area contributed by atoms with Crippen LogP contribution in [0.3, 0.4) is 0 Å². The van der Waals surface area contributed by atoms with Crippen molar-refractivity contribution in [3.05, 3.63) is 131 Å². The van der Waals surface area contributed by atoms with Gasteiger partial charge in [0, 0.05) is 6.54 Å².